The van der Waals surface area contributed by atoms with Crippen LogP contribution in [0.25, 0.3) is 0 Å². The first-order valence-electron chi connectivity index (χ1n) is 7.00. The quantitative estimate of drug-likeness (QED) is 0.853. The standard InChI is InChI=1S/C17H20N2O2/c1-12(2)21-17(20)14-4-6-16(7-5-14)19-11-15-10-18-9-8-13(15)3/h4-10,12,19H,11H2,1-3H3. The highest BCUT2D eigenvalue weighted by molar-refractivity contribution is 5.89. The zero-order valence-corrected chi connectivity index (χ0v) is 12.6. The lowest BCUT2D eigenvalue weighted by Gasteiger charge is -2.10. The third-order valence-corrected chi connectivity index (χ3v) is 3.09. The molecule has 1 heterocycles. The van der Waals surface area contributed by atoms with Gasteiger partial charge in [0, 0.05) is 24.6 Å². The molecule has 0 saturated carbocycles. The molecule has 0 atom stereocenters. The van der Waals surface area contributed by atoms with Gasteiger partial charge in [-0.2, -0.15) is 0 Å². The molecule has 0 saturated heterocycles. The van der Waals surface area contributed by atoms with Gasteiger partial charge in [0.15, 0.2) is 0 Å². The van der Waals surface area contributed by atoms with E-state index < -0.39 is 0 Å². The molecule has 2 rings (SSSR count). The molecule has 0 spiro atoms. The number of benzene rings is 1. The van der Waals surface area contributed by atoms with Gasteiger partial charge in [0.25, 0.3) is 0 Å². The average molecular weight is 284 g/mol. The van der Waals surface area contributed by atoms with E-state index in [-0.39, 0.29) is 12.1 Å². The predicted molar refractivity (Wildman–Crippen MR) is 83.3 cm³/mol. The third-order valence-electron chi connectivity index (χ3n) is 3.09. The van der Waals surface area contributed by atoms with Crippen molar-refractivity contribution < 1.29 is 9.53 Å². The Morgan fingerprint density at radius 1 is 1.24 bits per heavy atom. The number of esters is 1. The summed E-state index contributed by atoms with van der Waals surface area (Å²) in [6.07, 6.45) is 3.54. The van der Waals surface area contributed by atoms with Crippen LogP contribution in [0, 0.1) is 6.92 Å². The van der Waals surface area contributed by atoms with E-state index in [9.17, 15) is 4.79 Å². The third kappa shape index (κ3) is 4.31. The van der Waals surface area contributed by atoms with Crippen molar-refractivity contribution in [1.82, 2.24) is 4.98 Å². The van der Waals surface area contributed by atoms with Gasteiger partial charge in [0.2, 0.25) is 0 Å². The maximum absolute atomic E-state index is 11.7. The molecular formula is C17H20N2O2. The zero-order chi connectivity index (χ0) is 15.2. The van der Waals surface area contributed by atoms with Crippen LogP contribution in [-0.4, -0.2) is 17.1 Å². The lowest BCUT2D eigenvalue weighted by Crippen LogP contribution is -2.11. The Kier molecular flexibility index (Phi) is 4.93. The molecule has 0 radical (unpaired) electrons. The Balaban J connectivity index is 1.97. The molecule has 4 nitrogen and oxygen atoms in total. The monoisotopic (exact) mass is 284 g/mol. The summed E-state index contributed by atoms with van der Waals surface area (Å²) >= 11 is 0. The second-order valence-electron chi connectivity index (χ2n) is 5.19. The van der Waals surface area contributed by atoms with Gasteiger partial charge in [-0.05, 0) is 62.2 Å². The Morgan fingerprint density at radius 3 is 2.57 bits per heavy atom. The van der Waals surface area contributed by atoms with Crippen LogP contribution in [0.4, 0.5) is 5.69 Å². The first-order chi connectivity index (χ1) is 10.1. The minimum Gasteiger partial charge on any atom is -0.459 e. The van der Waals surface area contributed by atoms with Crippen molar-refractivity contribution in [3.05, 3.63) is 59.4 Å². The molecular weight excluding hydrogens is 264 g/mol. The fraction of sp³-hybridized carbons (Fsp3) is 0.294. The summed E-state index contributed by atoms with van der Waals surface area (Å²) in [4.78, 5) is 15.9. The summed E-state index contributed by atoms with van der Waals surface area (Å²) in [5.74, 6) is -0.292. The van der Waals surface area contributed by atoms with E-state index >= 15 is 0 Å². The largest absolute Gasteiger partial charge is 0.459 e. The molecule has 0 fully saturated rings. The number of hydrogen-bond donors (Lipinski definition) is 1. The SMILES string of the molecule is Cc1ccncc1CNc1ccc(C(=O)OC(C)C)cc1. The number of aromatic nitrogens is 1. The average Bonchev–Trinajstić information content (AvgIpc) is 2.46. The van der Waals surface area contributed by atoms with Crippen LogP contribution in [0.5, 0.6) is 0 Å². The van der Waals surface area contributed by atoms with Gasteiger partial charge in [0.05, 0.1) is 11.7 Å². The normalized spacial score (nSPS) is 10.5. The number of anilines is 1. The minimum absolute atomic E-state index is 0.108. The van der Waals surface area contributed by atoms with E-state index in [0.717, 1.165) is 11.3 Å². The molecule has 110 valence electrons. The highest BCUT2D eigenvalue weighted by Gasteiger charge is 2.08. The molecule has 0 amide bonds. The highest BCUT2D eigenvalue weighted by Crippen LogP contribution is 2.13. The molecule has 4 heteroatoms. The smallest absolute Gasteiger partial charge is 0.338 e. The van der Waals surface area contributed by atoms with E-state index in [0.29, 0.717) is 12.1 Å². The van der Waals surface area contributed by atoms with E-state index in [1.165, 1.54) is 5.56 Å². The Morgan fingerprint density at radius 2 is 1.95 bits per heavy atom. The number of rotatable bonds is 5. The first kappa shape index (κ1) is 15.0. The van der Waals surface area contributed by atoms with Crippen molar-refractivity contribution in [2.24, 2.45) is 0 Å². The lowest BCUT2D eigenvalue weighted by atomic mass is 10.1. The van der Waals surface area contributed by atoms with Crippen molar-refractivity contribution in [2.75, 3.05) is 5.32 Å². The molecule has 1 N–H and O–H groups in total. The summed E-state index contributed by atoms with van der Waals surface area (Å²) in [6.45, 7) is 6.44. The summed E-state index contributed by atoms with van der Waals surface area (Å²) in [7, 11) is 0. The van der Waals surface area contributed by atoms with Gasteiger partial charge in [-0.15, -0.1) is 0 Å². The summed E-state index contributed by atoms with van der Waals surface area (Å²) in [5.41, 5.74) is 3.88. The van der Waals surface area contributed by atoms with Gasteiger partial charge in [-0.3, -0.25) is 4.98 Å². The summed E-state index contributed by atoms with van der Waals surface area (Å²) < 4.78 is 5.15. The molecule has 21 heavy (non-hydrogen) atoms. The number of pyridine rings is 1. The van der Waals surface area contributed by atoms with Crippen LogP contribution in [-0.2, 0) is 11.3 Å². The minimum atomic E-state index is -0.292. The maximum atomic E-state index is 11.7. The molecule has 0 aliphatic heterocycles. The number of ether oxygens (including phenoxy) is 1. The molecule has 0 bridgehead atoms. The summed E-state index contributed by atoms with van der Waals surface area (Å²) in [6, 6.07) is 9.28. The summed E-state index contributed by atoms with van der Waals surface area (Å²) in [5, 5.41) is 3.32. The Labute approximate surface area is 125 Å². The lowest BCUT2D eigenvalue weighted by molar-refractivity contribution is 0.0378. The Hall–Kier alpha value is -2.36. The van der Waals surface area contributed by atoms with E-state index in [1.54, 1.807) is 18.3 Å². The van der Waals surface area contributed by atoms with Crippen LogP contribution < -0.4 is 5.32 Å². The van der Waals surface area contributed by atoms with Crippen molar-refractivity contribution in [2.45, 2.75) is 33.4 Å². The van der Waals surface area contributed by atoms with Crippen molar-refractivity contribution >= 4 is 11.7 Å². The second kappa shape index (κ2) is 6.88. The number of carbonyl (C=O) groups is 1. The van der Waals surface area contributed by atoms with Gasteiger partial charge in [0.1, 0.15) is 0 Å². The van der Waals surface area contributed by atoms with Crippen LogP contribution in [0.2, 0.25) is 0 Å². The molecule has 0 unspecified atom stereocenters. The number of nitrogens with one attached hydrogen (secondary N) is 1. The topological polar surface area (TPSA) is 51.2 Å². The zero-order valence-electron chi connectivity index (χ0n) is 12.6. The molecule has 0 aliphatic carbocycles. The van der Waals surface area contributed by atoms with Gasteiger partial charge >= 0.3 is 5.97 Å². The van der Waals surface area contributed by atoms with Crippen molar-refractivity contribution in [3.63, 3.8) is 0 Å². The molecule has 1 aromatic heterocycles. The first-order valence-corrected chi connectivity index (χ1v) is 7.00. The second-order valence-corrected chi connectivity index (χ2v) is 5.19. The van der Waals surface area contributed by atoms with Gasteiger partial charge in [-0.1, -0.05) is 0 Å². The number of aryl methyl sites for hydroxylation is 1. The molecule has 0 aliphatic rings. The fourth-order valence-corrected chi connectivity index (χ4v) is 1.89. The predicted octanol–water partition coefficient (Wildman–Crippen LogP) is 3.57. The molecule has 2 aromatic rings. The highest BCUT2D eigenvalue weighted by atomic mass is 16.5. The Bertz CT molecular complexity index is 606. The van der Waals surface area contributed by atoms with Crippen LogP contribution in [0.3, 0.4) is 0 Å². The van der Waals surface area contributed by atoms with Gasteiger partial charge in [-0.25, -0.2) is 4.79 Å². The van der Waals surface area contributed by atoms with Crippen LogP contribution >= 0.6 is 0 Å². The number of hydrogen-bond acceptors (Lipinski definition) is 4. The van der Waals surface area contributed by atoms with Crippen molar-refractivity contribution in [1.29, 1.82) is 0 Å². The van der Waals surface area contributed by atoms with E-state index in [1.807, 2.05) is 38.2 Å². The number of nitrogens with zero attached hydrogens (tertiary/aromatic N) is 1. The van der Waals surface area contributed by atoms with Gasteiger partial charge < -0.3 is 10.1 Å². The number of carbonyl (C=O) groups excluding carboxylic acids is 1. The maximum Gasteiger partial charge on any atom is 0.338 e. The molecule has 1 aromatic carbocycles. The van der Waals surface area contributed by atoms with Crippen LogP contribution in [0.15, 0.2) is 42.7 Å². The van der Waals surface area contributed by atoms with E-state index in [4.69, 9.17) is 4.74 Å². The van der Waals surface area contributed by atoms with Crippen molar-refractivity contribution in [3.8, 4) is 0 Å². The van der Waals surface area contributed by atoms with Crippen LogP contribution in [0.1, 0.15) is 35.3 Å². The van der Waals surface area contributed by atoms with E-state index in [2.05, 4.69) is 17.2 Å². The fourth-order valence-electron chi connectivity index (χ4n) is 1.89.